The number of aromatic nitrogens is 2. The third kappa shape index (κ3) is 5.41. The van der Waals surface area contributed by atoms with Crippen LogP contribution < -0.4 is 4.90 Å². The molecule has 0 unspecified atom stereocenters. The number of hydrogen-bond donors (Lipinski definition) is 0. The third-order valence-electron chi connectivity index (χ3n) is 9.50. The predicted octanol–water partition coefficient (Wildman–Crippen LogP) is 12.6. The van der Waals surface area contributed by atoms with Gasteiger partial charge in [0.05, 0.1) is 11.0 Å². The van der Waals surface area contributed by atoms with Crippen LogP contribution in [-0.2, 0) is 0 Å². The van der Waals surface area contributed by atoms with Crippen LogP contribution in [0, 0.1) is 0 Å². The molecule has 3 nitrogen and oxygen atoms in total. The van der Waals surface area contributed by atoms with E-state index < -0.39 is 0 Å². The summed E-state index contributed by atoms with van der Waals surface area (Å²) in [5, 5.41) is 2.50. The average Bonchev–Trinajstić information content (AvgIpc) is 3.53. The molecular weight excluding hydrogens is 607 g/mol. The fourth-order valence-corrected chi connectivity index (χ4v) is 7.03. The lowest BCUT2D eigenvalue weighted by molar-refractivity contribution is 1.18. The van der Waals surface area contributed by atoms with Crippen molar-refractivity contribution in [3.63, 3.8) is 0 Å². The Morgan fingerprint density at radius 1 is 0.360 bits per heavy atom. The van der Waals surface area contributed by atoms with E-state index in [4.69, 9.17) is 0 Å². The first-order chi connectivity index (χ1) is 24.8. The van der Waals surface area contributed by atoms with Gasteiger partial charge in [0.15, 0.2) is 0 Å². The van der Waals surface area contributed by atoms with E-state index in [1.54, 1.807) is 0 Å². The van der Waals surface area contributed by atoms with Crippen LogP contribution in [0.4, 0.5) is 17.1 Å². The minimum atomic E-state index is 1.09. The van der Waals surface area contributed by atoms with Gasteiger partial charge in [-0.3, -0.25) is 4.98 Å². The monoisotopic (exact) mass is 639 g/mol. The minimum absolute atomic E-state index is 1.09. The highest BCUT2D eigenvalue weighted by molar-refractivity contribution is 6.10. The molecule has 0 aliphatic rings. The van der Waals surface area contributed by atoms with Crippen molar-refractivity contribution in [2.24, 2.45) is 0 Å². The number of benzene rings is 7. The van der Waals surface area contributed by atoms with Crippen LogP contribution in [0.1, 0.15) is 0 Å². The molecule has 0 saturated carbocycles. The van der Waals surface area contributed by atoms with E-state index in [-0.39, 0.29) is 0 Å². The summed E-state index contributed by atoms with van der Waals surface area (Å²) in [6, 6.07) is 67.2. The highest BCUT2D eigenvalue weighted by Gasteiger charge is 2.16. The smallest absolute Gasteiger partial charge is 0.0541 e. The van der Waals surface area contributed by atoms with Crippen LogP contribution in [-0.4, -0.2) is 9.55 Å². The van der Waals surface area contributed by atoms with Crippen molar-refractivity contribution in [1.29, 1.82) is 0 Å². The first-order valence-electron chi connectivity index (χ1n) is 17.0. The lowest BCUT2D eigenvalue weighted by atomic mass is 10.0. The quantitative estimate of drug-likeness (QED) is 0.173. The van der Waals surface area contributed by atoms with Crippen LogP contribution in [0.25, 0.3) is 60.9 Å². The summed E-state index contributed by atoms with van der Waals surface area (Å²) in [5.41, 5.74) is 13.9. The summed E-state index contributed by atoms with van der Waals surface area (Å²) in [7, 11) is 0. The maximum Gasteiger partial charge on any atom is 0.0541 e. The topological polar surface area (TPSA) is 21.1 Å². The lowest BCUT2D eigenvalue weighted by Gasteiger charge is -2.26. The van der Waals surface area contributed by atoms with Gasteiger partial charge in [-0.05, 0) is 106 Å². The Balaban J connectivity index is 1.10. The van der Waals surface area contributed by atoms with Crippen LogP contribution >= 0.6 is 0 Å². The Hall–Kier alpha value is -6.71. The van der Waals surface area contributed by atoms with E-state index in [1.165, 1.54) is 49.7 Å². The number of hydrogen-bond acceptors (Lipinski definition) is 2. The van der Waals surface area contributed by atoms with Crippen molar-refractivity contribution in [3.8, 4) is 39.1 Å². The molecule has 0 bridgehead atoms. The first kappa shape index (κ1) is 29.4. The summed E-state index contributed by atoms with van der Waals surface area (Å²) in [6.45, 7) is 0. The zero-order valence-corrected chi connectivity index (χ0v) is 27.4. The van der Waals surface area contributed by atoms with Crippen LogP contribution in [0.5, 0.6) is 0 Å². The fourth-order valence-electron chi connectivity index (χ4n) is 7.03. The van der Waals surface area contributed by atoms with Crippen molar-refractivity contribution in [2.75, 3.05) is 4.90 Å². The minimum Gasteiger partial charge on any atom is -0.311 e. The summed E-state index contributed by atoms with van der Waals surface area (Å²) in [4.78, 5) is 6.64. The largest absolute Gasteiger partial charge is 0.311 e. The molecule has 0 spiro atoms. The van der Waals surface area contributed by atoms with E-state index in [9.17, 15) is 0 Å². The molecule has 0 radical (unpaired) electrons. The number of anilines is 3. The summed E-state index contributed by atoms with van der Waals surface area (Å²) < 4.78 is 2.36. The van der Waals surface area contributed by atoms with Crippen molar-refractivity contribution >= 4 is 38.9 Å². The maximum atomic E-state index is 4.32. The van der Waals surface area contributed by atoms with E-state index in [0.29, 0.717) is 0 Å². The SMILES string of the molecule is c1ccc(-c2ccc(N(c3ccc(-c4cccnc4)cc3)c3ccc(-c4ccc5c(c4)c4ccccc4n5-c4ccccc4)cc3)cc2)cc1. The van der Waals surface area contributed by atoms with Gasteiger partial charge in [0, 0.05) is 45.9 Å². The Morgan fingerprint density at radius 2 is 0.840 bits per heavy atom. The molecule has 2 aromatic heterocycles. The number of nitrogens with zero attached hydrogens (tertiary/aromatic N) is 3. The van der Waals surface area contributed by atoms with E-state index >= 15 is 0 Å². The van der Waals surface area contributed by atoms with E-state index in [1.807, 2.05) is 18.5 Å². The Labute approximate surface area is 292 Å². The van der Waals surface area contributed by atoms with Crippen molar-refractivity contribution in [1.82, 2.24) is 9.55 Å². The van der Waals surface area contributed by atoms with Crippen molar-refractivity contribution in [2.45, 2.75) is 0 Å². The number of pyridine rings is 1. The fraction of sp³-hybridized carbons (Fsp3) is 0. The normalized spacial score (nSPS) is 11.2. The van der Waals surface area contributed by atoms with Gasteiger partial charge < -0.3 is 9.47 Å². The standard InChI is InChI=1S/C47H33N3/c1-3-10-34(11-4-1)35-17-24-41(25-18-35)49(43-28-21-37(22-29-43)39-12-9-31-48-33-39)42-26-19-36(20-27-42)38-23-30-47-45(32-38)44-15-7-8-16-46(44)50(47)40-13-5-2-6-14-40/h1-33H. The molecule has 0 N–H and O–H groups in total. The van der Waals surface area contributed by atoms with Gasteiger partial charge >= 0.3 is 0 Å². The molecule has 0 fully saturated rings. The van der Waals surface area contributed by atoms with Crippen molar-refractivity contribution < 1.29 is 0 Å². The second kappa shape index (κ2) is 12.7. The molecule has 0 aliphatic heterocycles. The maximum absolute atomic E-state index is 4.32. The van der Waals surface area contributed by atoms with Crippen LogP contribution in [0.3, 0.4) is 0 Å². The molecule has 9 rings (SSSR count). The molecule has 0 amide bonds. The molecule has 9 aromatic rings. The summed E-state index contributed by atoms with van der Waals surface area (Å²) in [6.07, 6.45) is 3.72. The third-order valence-corrected chi connectivity index (χ3v) is 9.50. The van der Waals surface area contributed by atoms with Gasteiger partial charge in [-0.2, -0.15) is 0 Å². The molecule has 2 heterocycles. The molecule has 236 valence electrons. The zero-order chi connectivity index (χ0) is 33.3. The molecular formula is C47H33N3. The second-order valence-electron chi connectivity index (χ2n) is 12.5. The second-order valence-corrected chi connectivity index (χ2v) is 12.5. The van der Waals surface area contributed by atoms with Gasteiger partial charge in [-0.15, -0.1) is 0 Å². The Morgan fingerprint density at radius 3 is 1.46 bits per heavy atom. The van der Waals surface area contributed by atoms with Gasteiger partial charge in [-0.1, -0.05) is 115 Å². The summed E-state index contributed by atoms with van der Waals surface area (Å²) >= 11 is 0. The Kier molecular flexibility index (Phi) is 7.49. The molecule has 3 heteroatoms. The molecule has 0 atom stereocenters. The van der Waals surface area contributed by atoms with E-state index in [0.717, 1.165) is 28.2 Å². The first-order valence-corrected chi connectivity index (χ1v) is 17.0. The highest BCUT2D eigenvalue weighted by atomic mass is 15.1. The van der Waals surface area contributed by atoms with Gasteiger partial charge in [0.1, 0.15) is 0 Å². The number of rotatable bonds is 7. The van der Waals surface area contributed by atoms with Crippen LogP contribution in [0.15, 0.2) is 200 Å². The van der Waals surface area contributed by atoms with Gasteiger partial charge in [0.25, 0.3) is 0 Å². The predicted molar refractivity (Wildman–Crippen MR) is 210 cm³/mol. The molecule has 50 heavy (non-hydrogen) atoms. The zero-order valence-electron chi connectivity index (χ0n) is 27.4. The summed E-state index contributed by atoms with van der Waals surface area (Å²) in [5.74, 6) is 0. The van der Waals surface area contributed by atoms with Crippen LogP contribution in [0.2, 0.25) is 0 Å². The number of fused-ring (bicyclic) bond motifs is 3. The molecule has 7 aromatic carbocycles. The Bertz CT molecular complexity index is 2450. The van der Waals surface area contributed by atoms with Gasteiger partial charge in [-0.25, -0.2) is 0 Å². The van der Waals surface area contributed by atoms with E-state index in [2.05, 4.69) is 196 Å². The molecule has 0 aliphatic carbocycles. The highest BCUT2D eigenvalue weighted by Crippen LogP contribution is 2.39. The lowest BCUT2D eigenvalue weighted by Crippen LogP contribution is -2.09. The number of para-hydroxylation sites is 2. The van der Waals surface area contributed by atoms with Gasteiger partial charge in [0.2, 0.25) is 0 Å². The average molecular weight is 640 g/mol. The van der Waals surface area contributed by atoms with Crippen molar-refractivity contribution in [3.05, 3.63) is 200 Å². The molecule has 0 saturated heterocycles.